The van der Waals surface area contributed by atoms with Gasteiger partial charge in [-0.1, -0.05) is 30.3 Å². The summed E-state index contributed by atoms with van der Waals surface area (Å²) >= 11 is 0. The standard InChI is InChI=1S/C14H14N2O3.C7H10N2O2/c1-9-11(12(17)10-7-5-4-6-8-10)13(18)16(3)14(19)15(9)2;1-5-4-6(10)9(3)7(11)8(5)2/h4-8H,1-3H3;4H,1-3H3. The fraction of sp³-hybridized carbons (Fsp3) is 0.286. The van der Waals surface area contributed by atoms with Crippen molar-refractivity contribution in [1.82, 2.24) is 18.3 Å². The summed E-state index contributed by atoms with van der Waals surface area (Å²) in [6.07, 6.45) is 0. The molecule has 0 fully saturated rings. The van der Waals surface area contributed by atoms with E-state index in [0.29, 0.717) is 17.0 Å². The Morgan fingerprint density at radius 3 is 1.83 bits per heavy atom. The van der Waals surface area contributed by atoms with Gasteiger partial charge in [-0.3, -0.25) is 23.5 Å². The van der Waals surface area contributed by atoms with Crippen LogP contribution in [-0.2, 0) is 28.2 Å². The van der Waals surface area contributed by atoms with Gasteiger partial charge in [-0.15, -0.1) is 0 Å². The first kappa shape index (κ1) is 22.5. The monoisotopic (exact) mass is 412 g/mol. The summed E-state index contributed by atoms with van der Waals surface area (Å²) in [6.45, 7) is 3.32. The van der Waals surface area contributed by atoms with Gasteiger partial charge in [0, 0.05) is 51.2 Å². The first-order chi connectivity index (χ1) is 14.0. The largest absolute Gasteiger partial charge is 0.330 e. The Labute approximate surface area is 172 Å². The van der Waals surface area contributed by atoms with Crippen LogP contribution in [-0.4, -0.2) is 24.1 Å². The molecule has 0 amide bonds. The second-order valence-electron chi connectivity index (χ2n) is 6.89. The Kier molecular flexibility index (Phi) is 6.56. The van der Waals surface area contributed by atoms with Crippen molar-refractivity contribution in [3.63, 3.8) is 0 Å². The van der Waals surface area contributed by atoms with Crippen LogP contribution in [0.1, 0.15) is 27.3 Å². The molecule has 0 aliphatic heterocycles. The van der Waals surface area contributed by atoms with Gasteiger partial charge in [0.05, 0.1) is 0 Å². The smallest absolute Gasteiger partial charge is 0.301 e. The molecule has 3 aromatic rings. The molecule has 1 aromatic carbocycles. The van der Waals surface area contributed by atoms with Crippen molar-refractivity contribution < 1.29 is 4.79 Å². The van der Waals surface area contributed by atoms with Gasteiger partial charge in [0.25, 0.3) is 11.1 Å². The van der Waals surface area contributed by atoms with Gasteiger partial charge in [-0.2, -0.15) is 0 Å². The van der Waals surface area contributed by atoms with Gasteiger partial charge < -0.3 is 9.13 Å². The third-order valence-corrected chi connectivity index (χ3v) is 4.99. The van der Waals surface area contributed by atoms with Crippen LogP contribution in [0, 0.1) is 13.8 Å². The molecule has 3 rings (SSSR count). The number of ketones is 1. The minimum absolute atomic E-state index is 0.0378. The summed E-state index contributed by atoms with van der Waals surface area (Å²) in [5.74, 6) is -0.366. The fourth-order valence-corrected chi connectivity index (χ4v) is 2.78. The highest BCUT2D eigenvalue weighted by atomic mass is 16.2. The fourth-order valence-electron chi connectivity index (χ4n) is 2.78. The Morgan fingerprint density at radius 1 is 0.733 bits per heavy atom. The van der Waals surface area contributed by atoms with Crippen molar-refractivity contribution >= 4 is 5.78 Å². The van der Waals surface area contributed by atoms with E-state index in [9.17, 15) is 24.0 Å². The Bertz CT molecular complexity index is 1340. The van der Waals surface area contributed by atoms with E-state index in [1.54, 1.807) is 58.3 Å². The molecular formula is C21H24N4O5. The number of aryl methyl sites for hydroxylation is 1. The zero-order valence-electron chi connectivity index (χ0n) is 17.8. The summed E-state index contributed by atoms with van der Waals surface area (Å²) in [4.78, 5) is 58.3. The van der Waals surface area contributed by atoms with Crippen molar-refractivity contribution in [2.75, 3.05) is 0 Å². The first-order valence-electron chi connectivity index (χ1n) is 9.09. The molecule has 0 aliphatic rings. The van der Waals surface area contributed by atoms with Crippen LogP contribution >= 0.6 is 0 Å². The van der Waals surface area contributed by atoms with Crippen molar-refractivity contribution in [2.45, 2.75) is 13.8 Å². The predicted molar refractivity (Wildman–Crippen MR) is 113 cm³/mol. The molecule has 9 heteroatoms. The maximum Gasteiger partial charge on any atom is 0.330 e. The average molecular weight is 412 g/mol. The molecule has 30 heavy (non-hydrogen) atoms. The van der Waals surface area contributed by atoms with Crippen LogP contribution in [0.3, 0.4) is 0 Å². The maximum atomic E-state index is 12.4. The Hall–Kier alpha value is -3.75. The molecule has 0 unspecified atom stereocenters. The molecule has 158 valence electrons. The van der Waals surface area contributed by atoms with E-state index < -0.39 is 11.2 Å². The van der Waals surface area contributed by atoms with Crippen molar-refractivity contribution in [3.8, 4) is 0 Å². The van der Waals surface area contributed by atoms with E-state index in [4.69, 9.17) is 0 Å². The second kappa shape index (κ2) is 8.73. The highest BCUT2D eigenvalue weighted by molar-refractivity contribution is 6.09. The second-order valence-corrected chi connectivity index (χ2v) is 6.89. The van der Waals surface area contributed by atoms with Crippen LogP contribution in [0.4, 0.5) is 0 Å². The minimum Gasteiger partial charge on any atom is -0.301 e. The highest BCUT2D eigenvalue weighted by Gasteiger charge is 2.20. The van der Waals surface area contributed by atoms with Gasteiger partial charge in [0.2, 0.25) is 0 Å². The molecule has 0 saturated carbocycles. The van der Waals surface area contributed by atoms with Gasteiger partial charge in [0.15, 0.2) is 5.78 Å². The maximum absolute atomic E-state index is 12.4. The number of hydrogen-bond donors (Lipinski definition) is 0. The molecule has 0 aliphatic carbocycles. The van der Waals surface area contributed by atoms with Crippen molar-refractivity contribution in [1.29, 1.82) is 0 Å². The minimum atomic E-state index is -0.561. The van der Waals surface area contributed by atoms with Crippen LogP contribution in [0.15, 0.2) is 55.6 Å². The van der Waals surface area contributed by atoms with Crippen LogP contribution < -0.4 is 22.5 Å². The molecule has 9 nitrogen and oxygen atoms in total. The third-order valence-electron chi connectivity index (χ3n) is 4.99. The van der Waals surface area contributed by atoms with Gasteiger partial charge in [-0.05, 0) is 13.8 Å². The quantitative estimate of drug-likeness (QED) is 0.552. The van der Waals surface area contributed by atoms with E-state index in [1.807, 2.05) is 0 Å². The lowest BCUT2D eigenvalue weighted by Crippen LogP contribution is -2.41. The van der Waals surface area contributed by atoms with Crippen molar-refractivity contribution in [2.24, 2.45) is 28.2 Å². The van der Waals surface area contributed by atoms with Crippen molar-refractivity contribution in [3.05, 3.63) is 101 Å². The van der Waals surface area contributed by atoms with Crippen LogP contribution in [0.5, 0.6) is 0 Å². The van der Waals surface area contributed by atoms with Crippen LogP contribution in [0.2, 0.25) is 0 Å². The van der Waals surface area contributed by atoms with Gasteiger partial charge >= 0.3 is 11.4 Å². The summed E-state index contributed by atoms with van der Waals surface area (Å²) in [5.41, 5.74) is -0.0145. The Morgan fingerprint density at radius 2 is 1.27 bits per heavy atom. The normalized spacial score (nSPS) is 10.3. The van der Waals surface area contributed by atoms with E-state index in [1.165, 1.54) is 29.3 Å². The number of benzene rings is 1. The molecular weight excluding hydrogens is 388 g/mol. The highest BCUT2D eigenvalue weighted by Crippen LogP contribution is 2.08. The lowest BCUT2D eigenvalue weighted by molar-refractivity contribution is 0.103. The van der Waals surface area contributed by atoms with E-state index in [2.05, 4.69) is 0 Å². The summed E-state index contributed by atoms with van der Waals surface area (Å²) in [6, 6.07) is 9.98. The summed E-state index contributed by atoms with van der Waals surface area (Å²) in [5, 5.41) is 0. The zero-order chi connectivity index (χ0) is 22.7. The predicted octanol–water partition coefficient (Wildman–Crippen LogP) is 0.0158. The van der Waals surface area contributed by atoms with E-state index in [-0.39, 0.29) is 22.6 Å². The van der Waals surface area contributed by atoms with Gasteiger partial charge in [-0.25, -0.2) is 9.59 Å². The lowest BCUT2D eigenvalue weighted by atomic mass is 10.0. The van der Waals surface area contributed by atoms with Crippen LogP contribution in [0.25, 0.3) is 0 Å². The number of hydrogen-bond acceptors (Lipinski definition) is 5. The molecule has 0 radical (unpaired) electrons. The first-order valence-corrected chi connectivity index (χ1v) is 9.09. The Balaban J connectivity index is 0.000000248. The number of rotatable bonds is 2. The molecule has 0 bridgehead atoms. The third kappa shape index (κ3) is 4.14. The molecule has 0 saturated heterocycles. The summed E-state index contributed by atoms with van der Waals surface area (Å²) < 4.78 is 4.76. The lowest BCUT2D eigenvalue weighted by Gasteiger charge is -2.11. The molecule has 0 spiro atoms. The SMILES string of the molecule is Cc1c(C(=O)c2ccccc2)c(=O)n(C)c(=O)n1C.Cc1cc(=O)n(C)c(=O)n1C. The molecule has 0 atom stereocenters. The number of carbonyl (C=O) groups is 1. The summed E-state index contributed by atoms with van der Waals surface area (Å²) in [7, 11) is 6.01. The molecule has 0 N–H and O–H groups in total. The molecule has 2 aromatic heterocycles. The van der Waals surface area contributed by atoms with E-state index in [0.717, 1.165) is 9.13 Å². The molecule has 2 heterocycles. The number of nitrogens with zero attached hydrogens (tertiary/aromatic N) is 4. The van der Waals surface area contributed by atoms with E-state index >= 15 is 0 Å². The van der Waals surface area contributed by atoms with Gasteiger partial charge in [0.1, 0.15) is 5.56 Å². The number of carbonyl (C=O) groups excluding carboxylic acids is 1. The number of aromatic nitrogens is 4. The topological polar surface area (TPSA) is 105 Å². The average Bonchev–Trinajstić information content (AvgIpc) is 2.74. The zero-order valence-corrected chi connectivity index (χ0v) is 17.8.